The first kappa shape index (κ1) is 12.2. The van der Waals surface area contributed by atoms with Crippen LogP contribution in [0.25, 0.3) is 10.9 Å². The van der Waals surface area contributed by atoms with Crippen LogP contribution in [0.1, 0.15) is 38.7 Å². The van der Waals surface area contributed by atoms with E-state index in [0.29, 0.717) is 0 Å². The number of rotatable bonds is 5. The smallest absolute Gasteiger partial charge is 0.0457 e. The highest BCUT2D eigenvalue weighted by molar-refractivity contribution is 5.84. The van der Waals surface area contributed by atoms with E-state index in [2.05, 4.69) is 49.3 Å². The molecular formula is C15H22N2. The van der Waals surface area contributed by atoms with Crippen molar-refractivity contribution in [2.45, 2.75) is 38.5 Å². The number of fused-ring (bicyclic) bond motifs is 1. The lowest BCUT2D eigenvalue weighted by Crippen LogP contribution is -2.17. The van der Waals surface area contributed by atoms with Gasteiger partial charge in [-0.1, -0.05) is 38.5 Å². The van der Waals surface area contributed by atoms with Crippen LogP contribution >= 0.6 is 0 Å². The van der Waals surface area contributed by atoms with Crippen molar-refractivity contribution in [2.24, 2.45) is 5.73 Å². The molecule has 0 aliphatic carbocycles. The van der Waals surface area contributed by atoms with Crippen LogP contribution in [0.2, 0.25) is 0 Å². The molecule has 1 aromatic carbocycles. The molecule has 1 heterocycles. The number of hydrogen-bond donors (Lipinski definition) is 2. The van der Waals surface area contributed by atoms with Crippen LogP contribution in [0.5, 0.6) is 0 Å². The van der Waals surface area contributed by atoms with E-state index in [1.807, 2.05) is 0 Å². The number of aromatic amines is 1. The molecule has 3 N–H and O–H groups in total. The number of H-pyrrole nitrogens is 1. The summed E-state index contributed by atoms with van der Waals surface area (Å²) in [6.45, 7) is 5.43. The van der Waals surface area contributed by atoms with Crippen molar-refractivity contribution in [1.29, 1.82) is 0 Å². The van der Waals surface area contributed by atoms with Crippen molar-refractivity contribution in [2.75, 3.05) is 6.54 Å². The Kier molecular flexibility index (Phi) is 3.53. The molecular weight excluding hydrogens is 208 g/mol. The molecule has 0 aliphatic heterocycles. The van der Waals surface area contributed by atoms with Gasteiger partial charge in [0, 0.05) is 17.1 Å². The van der Waals surface area contributed by atoms with E-state index in [0.717, 1.165) is 13.0 Å². The van der Waals surface area contributed by atoms with Gasteiger partial charge in [0.15, 0.2) is 0 Å². The second-order valence-corrected chi connectivity index (χ2v) is 5.38. The maximum absolute atomic E-state index is 5.56. The molecule has 0 spiro atoms. The highest BCUT2D eigenvalue weighted by Gasteiger charge is 2.23. The summed E-state index contributed by atoms with van der Waals surface area (Å²) in [5.74, 6) is 0. The van der Waals surface area contributed by atoms with Gasteiger partial charge in [-0.2, -0.15) is 0 Å². The van der Waals surface area contributed by atoms with Crippen molar-refractivity contribution in [3.05, 3.63) is 36.0 Å². The Balaban J connectivity index is 2.25. The molecule has 2 heteroatoms. The summed E-state index contributed by atoms with van der Waals surface area (Å²) in [4.78, 5) is 3.36. The molecule has 2 aromatic rings. The Bertz CT molecular complexity index is 482. The SMILES string of the molecule is CC(C)(CCCCN)c1c[nH]c2ccccc12. The second-order valence-electron chi connectivity index (χ2n) is 5.38. The monoisotopic (exact) mass is 230 g/mol. The average molecular weight is 230 g/mol. The van der Waals surface area contributed by atoms with E-state index in [4.69, 9.17) is 5.73 Å². The predicted molar refractivity (Wildman–Crippen MR) is 74.2 cm³/mol. The Morgan fingerprint density at radius 2 is 1.94 bits per heavy atom. The lowest BCUT2D eigenvalue weighted by molar-refractivity contribution is 0.457. The minimum Gasteiger partial charge on any atom is -0.361 e. The molecule has 0 aliphatic rings. The van der Waals surface area contributed by atoms with Gasteiger partial charge < -0.3 is 10.7 Å². The van der Waals surface area contributed by atoms with Crippen LogP contribution in [0.4, 0.5) is 0 Å². The summed E-state index contributed by atoms with van der Waals surface area (Å²) in [6.07, 6.45) is 5.66. The number of nitrogens with two attached hydrogens (primary N) is 1. The predicted octanol–water partition coefficient (Wildman–Crippen LogP) is 3.57. The fourth-order valence-electron chi connectivity index (χ4n) is 2.48. The largest absolute Gasteiger partial charge is 0.361 e. The van der Waals surface area contributed by atoms with Crippen molar-refractivity contribution >= 4 is 10.9 Å². The fourth-order valence-corrected chi connectivity index (χ4v) is 2.48. The highest BCUT2D eigenvalue weighted by atomic mass is 14.7. The zero-order chi connectivity index (χ0) is 12.3. The standard InChI is InChI=1S/C15H22N2/c1-15(2,9-5-6-10-16)13-11-17-14-8-4-3-7-12(13)14/h3-4,7-8,11,17H,5-6,9-10,16H2,1-2H3. The summed E-state index contributed by atoms with van der Waals surface area (Å²) >= 11 is 0. The van der Waals surface area contributed by atoms with Gasteiger partial charge in [-0.15, -0.1) is 0 Å². The van der Waals surface area contributed by atoms with E-state index in [9.17, 15) is 0 Å². The fraction of sp³-hybridized carbons (Fsp3) is 0.467. The molecule has 0 atom stereocenters. The number of benzene rings is 1. The topological polar surface area (TPSA) is 41.8 Å². The van der Waals surface area contributed by atoms with Crippen LogP contribution in [0, 0.1) is 0 Å². The third-order valence-corrected chi connectivity index (χ3v) is 3.57. The van der Waals surface area contributed by atoms with Gasteiger partial charge in [0.1, 0.15) is 0 Å². The molecule has 0 amide bonds. The van der Waals surface area contributed by atoms with Crippen molar-refractivity contribution in [3.8, 4) is 0 Å². The van der Waals surface area contributed by atoms with Gasteiger partial charge in [-0.05, 0) is 36.4 Å². The van der Waals surface area contributed by atoms with Crippen LogP contribution < -0.4 is 5.73 Å². The first-order chi connectivity index (χ1) is 8.15. The van der Waals surface area contributed by atoms with Gasteiger partial charge in [-0.3, -0.25) is 0 Å². The number of unbranched alkanes of at least 4 members (excludes halogenated alkanes) is 1. The molecule has 2 nitrogen and oxygen atoms in total. The number of nitrogens with one attached hydrogen (secondary N) is 1. The third-order valence-electron chi connectivity index (χ3n) is 3.57. The molecule has 0 bridgehead atoms. The van der Waals surface area contributed by atoms with Crippen molar-refractivity contribution in [3.63, 3.8) is 0 Å². The normalized spacial score (nSPS) is 12.2. The van der Waals surface area contributed by atoms with Crippen LogP contribution in [0.3, 0.4) is 0 Å². The van der Waals surface area contributed by atoms with E-state index in [-0.39, 0.29) is 5.41 Å². The number of hydrogen-bond acceptors (Lipinski definition) is 1. The molecule has 0 saturated carbocycles. The Hall–Kier alpha value is -1.28. The Morgan fingerprint density at radius 1 is 1.18 bits per heavy atom. The van der Waals surface area contributed by atoms with E-state index in [1.165, 1.54) is 29.3 Å². The minimum absolute atomic E-state index is 0.217. The van der Waals surface area contributed by atoms with Gasteiger partial charge >= 0.3 is 0 Å². The van der Waals surface area contributed by atoms with Crippen LogP contribution in [-0.4, -0.2) is 11.5 Å². The summed E-state index contributed by atoms with van der Waals surface area (Å²) < 4.78 is 0. The lowest BCUT2D eigenvalue weighted by atomic mass is 9.80. The first-order valence-electron chi connectivity index (χ1n) is 6.42. The number of para-hydroxylation sites is 1. The lowest BCUT2D eigenvalue weighted by Gasteiger charge is -2.24. The molecule has 92 valence electrons. The second kappa shape index (κ2) is 4.92. The summed E-state index contributed by atoms with van der Waals surface area (Å²) in [7, 11) is 0. The molecule has 0 fully saturated rings. The highest BCUT2D eigenvalue weighted by Crippen LogP contribution is 2.34. The third kappa shape index (κ3) is 2.52. The van der Waals surface area contributed by atoms with Gasteiger partial charge in [-0.25, -0.2) is 0 Å². The summed E-state index contributed by atoms with van der Waals surface area (Å²) in [6, 6.07) is 8.51. The maximum atomic E-state index is 5.56. The van der Waals surface area contributed by atoms with Gasteiger partial charge in [0.25, 0.3) is 0 Å². The average Bonchev–Trinajstić information content (AvgIpc) is 2.73. The molecule has 0 unspecified atom stereocenters. The van der Waals surface area contributed by atoms with Gasteiger partial charge in [0.2, 0.25) is 0 Å². The molecule has 0 saturated heterocycles. The quantitative estimate of drug-likeness (QED) is 0.757. The van der Waals surface area contributed by atoms with E-state index >= 15 is 0 Å². The molecule has 0 radical (unpaired) electrons. The maximum Gasteiger partial charge on any atom is 0.0457 e. The number of aromatic nitrogens is 1. The Morgan fingerprint density at radius 3 is 2.71 bits per heavy atom. The van der Waals surface area contributed by atoms with E-state index < -0.39 is 0 Å². The van der Waals surface area contributed by atoms with Gasteiger partial charge in [0.05, 0.1) is 0 Å². The minimum atomic E-state index is 0.217. The van der Waals surface area contributed by atoms with Crippen LogP contribution in [-0.2, 0) is 5.41 Å². The first-order valence-corrected chi connectivity index (χ1v) is 6.42. The Labute approximate surface area is 103 Å². The van der Waals surface area contributed by atoms with E-state index in [1.54, 1.807) is 0 Å². The molecule has 1 aromatic heterocycles. The zero-order valence-corrected chi connectivity index (χ0v) is 10.8. The zero-order valence-electron chi connectivity index (χ0n) is 10.8. The van der Waals surface area contributed by atoms with Crippen LogP contribution in [0.15, 0.2) is 30.5 Å². The summed E-state index contributed by atoms with van der Waals surface area (Å²) in [5.41, 5.74) is 8.43. The molecule has 17 heavy (non-hydrogen) atoms. The molecule has 2 rings (SSSR count). The summed E-state index contributed by atoms with van der Waals surface area (Å²) in [5, 5.41) is 1.35. The van der Waals surface area contributed by atoms with Crippen molar-refractivity contribution < 1.29 is 0 Å². The van der Waals surface area contributed by atoms with Crippen molar-refractivity contribution in [1.82, 2.24) is 4.98 Å².